The van der Waals surface area contributed by atoms with E-state index in [1.165, 1.54) is 0 Å². The van der Waals surface area contributed by atoms with Crippen molar-refractivity contribution in [3.63, 3.8) is 0 Å². The van der Waals surface area contributed by atoms with Crippen molar-refractivity contribution < 1.29 is 19.4 Å². The lowest BCUT2D eigenvalue weighted by Gasteiger charge is -2.34. The third-order valence-corrected chi connectivity index (χ3v) is 5.18. The monoisotopic (exact) mass is 358 g/mol. The van der Waals surface area contributed by atoms with Crippen molar-refractivity contribution in [1.82, 2.24) is 0 Å². The van der Waals surface area contributed by atoms with Crippen molar-refractivity contribution in [2.24, 2.45) is 0 Å². The summed E-state index contributed by atoms with van der Waals surface area (Å²) in [4.78, 5) is 12.2. The topological polar surface area (TPSA) is 55.8 Å². The van der Waals surface area contributed by atoms with Crippen LogP contribution in [0.1, 0.15) is 24.8 Å². The molecule has 1 saturated heterocycles. The number of hydrogen-bond donors (Lipinski definition) is 1. The molecule has 1 N–H and O–H groups in total. The van der Waals surface area contributed by atoms with Crippen LogP contribution in [-0.4, -0.2) is 28.7 Å². The summed E-state index contributed by atoms with van der Waals surface area (Å²) < 4.78 is 12.0. The predicted octanol–water partition coefficient (Wildman–Crippen LogP) is 4.34. The quantitative estimate of drug-likeness (QED) is 0.798. The molecule has 0 bridgehead atoms. The second kappa shape index (κ2) is 9.04. The van der Waals surface area contributed by atoms with Gasteiger partial charge in [-0.1, -0.05) is 60.3 Å². The molecule has 3 rings (SSSR count). The van der Waals surface area contributed by atoms with Gasteiger partial charge in [-0.25, -0.2) is 0 Å². The molecule has 0 amide bonds. The van der Waals surface area contributed by atoms with Crippen LogP contribution >= 0.6 is 11.8 Å². The van der Waals surface area contributed by atoms with Gasteiger partial charge in [-0.05, 0) is 17.7 Å². The van der Waals surface area contributed by atoms with Crippen LogP contribution in [0.15, 0.2) is 65.6 Å². The van der Waals surface area contributed by atoms with Gasteiger partial charge in [0.2, 0.25) is 0 Å². The first-order chi connectivity index (χ1) is 12.2. The molecular formula is C20H22O4S. The molecule has 0 unspecified atom stereocenters. The van der Waals surface area contributed by atoms with Gasteiger partial charge in [0.15, 0.2) is 0 Å². The molecule has 0 radical (unpaired) electrons. The van der Waals surface area contributed by atoms with E-state index in [2.05, 4.69) is 0 Å². The van der Waals surface area contributed by atoms with E-state index in [0.29, 0.717) is 13.0 Å². The van der Waals surface area contributed by atoms with E-state index >= 15 is 0 Å². The molecule has 0 aromatic heterocycles. The second-order valence-corrected chi connectivity index (χ2v) is 7.34. The number of carbonyl (C=O) groups is 1. The minimum Gasteiger partial charge on any atom is -0.481 e. The summed E-state index contributed by atoms with van der Waals surface area (Å²) in [5, 5.41) is 9.11. The minimum atomic E-state index is -0.836. The summed E-state index contributed by atoms with van der Waals surface area (Å²) in [6.07, 6.45) is 1.07. The summed E-state index contributed by atoms with van der Waals surface area (Å²) in [6, 6.07) is 20.1. The first-order valence-corrected chi connectivity index (χ1v) is 9.31. The van der Waals surface area contributed by atoms with E-state index in [0.717, 1.165) is 16.9 Å². The zero-order valence-electron chi connectivity index (χ0n) is 13.9. The number of hydrogen-bond acceptors (Lipinski definition) is 4. The first-order valence-electron chi connectivity index (χ1n) is 8.43. The number of ether oxygens (including phenoxy) is 2. The van der Waals surface area contributed by atoms with Crippen molar-refractivity contribution in [1.29, 1.82) is 0 Å². The van der Waals surface area contributed by atoms with Crippen LogP contribution in [0.3, 0.4) is 0 Å². The number of aliphatic carboxylic acids is 1. The van der Waals surface area contributed by atoms with Gasteiger partial charge >= 0.3 is 5.97 Å². The fourth-order valence-corrected chi connectivity index (χ4v) is 4.05. The van der Waals surface area contributed by atoms with E-state index in [4.69, 9.17) is 14.6 Å². The minimum absolute atomic E-state index is 0.000446. The van der Waals surface area contributed by atoms with Crippen LogP contribution in [0.4, 0.5) is 0 Å². The van der Waals surface area contributed by atoms with Crippen LogP contribution in [0.5, 0.6) is 0 Å². The molecule has 2 aromatic carbocycles. The van der Waals surface area contributed by atoms with Gasteiger partial charge in [0.1, 0.15) is 5.44 Å². The molecule has 0 saturated carbocycles. The van der Waals surface area contributed by atoms with Crippen LogP contribution in [-0.2, 0) is 20.9 Å². The zero-order valence-corrected chi connectivity index (χ0v) is 14.7. The highest BCUT2D eigenvalue weighted by Crippen LogP contribution is 2.34. The third-order valence-electron chi connectivity index (χ3n) is 4.07. The average Bonchev–Trinajstić information content (AvgIpc) is 2.61. The highest BCUT2D eigenvalue weighted by Gasteiger charge is 2.32. The summed E-state index contributed by atoms with van der Waals surface area (Å²) in [6.45, 7) is 0.536. The number of benzene rings is 2. The molecule has 25 heavy (non-hydrogen) atoms. The Balaban J connectivity index is 1.61. The largest absolute Gasteiger partial charge is 0.481 e. The summed E-state index contributed by atoms with van der Waals surface area (Å²) in [5.41, 5.74) is 1.03. The number of carboxylic acids is 1. The Bertz CT molecular complexity index is 662. The molecule has 0 aliphatic carbocycles. The van der Waals surface area contributed by atoms with Crippen molar-refractivity contribution in [3.05, 3.63) is 66.2 Å². The summed E-state index contributed by atoms with van der Waals surface area (Å²) in [7, 11) is 0. The molecule has 132 valence electrons. The fourth-order valence-electron chi connectivity index (χ4n) is 2.91. The van der Waals surface area contributed by atoms with Crippen LogP contribution in [0, 0.1) is 0 Å². The van der Waals surface area contributed by atoms with Crippen molar-refractivity contribution in [2.75, 3.05) is 0 Å². The van der Waals surface area contributed by atoms with E-state index < -0.39 is 5.97 Å². The second-order valence-electron chi connectivity index (χ2n) is 6.11. The van der Waals surface area contributed by atoms with Crippen molar-refractivity contribution >= 4 is 17.7 Å². The molecule has 1 aliphatic heterocycles. The SMILES string of the molecule is O=C(O)C[C@@H]1C[C@H](OCc2ccccc2)C[C@H](Sc2ccccc2)O1. The zero-order chi connectivity index (χ0) is 17.5. The van der Waals surface area contributed by atoms with Crippen molar-refractivity contribution in [3.8, 4) is 0 Å². The molecule has 1 aliphatic rings. The van der Waals surface area contributed by atoms with Crippen LogP contribution in [0.2, 0.25) is 0 Å². The Kier molecular flexibility index (Phi) is 6.50. The molecule has 5 heteroatoms. The standard InChI is InChI=1S/C20H22O4S/c21-19(22)12-17-11-16(23-14-15-7-3-1-4-8-15)13-20(24-17)25-18-9-5-2-6-10-18/h1-10,16-17,20H,11-14H2,(H,21,22)/t16-,17-,20-/m0/s1. The summed E-state index contributed by atoms with van der Waals surface area (Å²) >= 11 is 1.63. The lowest BCUT2D eigenvalue weighted by Crippen LogP contribution is -2.36. The Morgan fingerprint density at radius 3 is 2.44 bits per heavy atom. The maximum atomic E-state index is 11.1. The normalized spacial score (nSPS) is 23.3. The highest BCUT2D eigenvalue weighted by atomic mass is 32.2. The lowest BCUT2D eigenvalue weighted by molar-refractivity contribution is -0.145. The van der Waals surface area contributed by atoms with Gasteiger partial charge in [-0.15, -0.1) is 0 Å². The van der Waals surface area contributed by atoms with Gasteiger partial charge in [-0.2, -0.15) is 0 Å². The molecule has 0 spiro atoms. The van der Waals surface area contributed by atoms with Crippen LogP contribution in [0.25, 0.3) is 0 Å². The molecule has 1 heterocycles. The molecule has 4 nitrogen and oxygen atoms in total. The van der Waals surface area contributed by atoms with E-state index in [9.17, 15) is 4.79 Å². The van der Waals surface area contributed by atoms with Gasteiger partial charge in [-0.3, -0.25) is 4.79 Å². The smallest absolute Gasteiger partial charge is 0.305 e. The summed E-state index contributed by atoms with van der Waals surface area (Å²) in [5.74, 6) is -0.836. The number of thioether (sulfide) groups is 1. The Morgan fingerprint density at radius 2 is 1.76 bits per heavy atom. The lowest BCUT2D eigenvalue weighted by atomic mass is 10.0. The van der Waals surface area contributed by atoms with Gasteiger partial charge < -0.3 is 14.6 Å². The fraction of sp³-hybridized carbons (Fsp3) is 0.350. The Morgan fingerprint density at radius 1 is 1.08 bits per heavy atom. The maximum absolute atomic E-state index is 11.1. The number of carboxylic acid groups (broad SMARTS) is 1. The molecule has 2 aromatic rings. The molecular weight excluding hydrogens is 336 g/mol. The van der Waals surface area contributed by atoms with E-state index in [1.54, 1.807) is 11.8 Å². The van der Waals surface area contributed by atoms with Gasteiger partial charge in [0, 0.05) is 17.7 Å². The predicted molar refractivity (Wildman–Crippen MR) is 97.5 cm³/mol. The van der Waals surface area contributed by atoms with Gasteiger partial charge in [0.25, 0.3) is 0 Å². The van der Waals surface area contributed by atoms with Crippen molar-refractivity contribution in [2.45, 2.75) is 48.4 Å². The average molecular weight is 358 g/mol. The highest BCUT2D eigenvalue weighted by molar-refractivity contribution is 7.99. The third kappa shape index (κ3) is 5.88. The number of rotatable bonds is 7. The van der Waals surface area contributed by atoms with Crippen LogP contribution < -0.4 is 0 Å². The maximum Gasteiger partial charge on any atom is 0.305 e. The van der Waals surface area contributed by atoms with E-state index in [-0.39, 0.29) is 24.1 Å². The first kappa shape index (κ1) is 18.0. The Labute approximate surface area is 152 Å². The Hall–Kier alpha value is -1.82. The van der Waals surface area contributed by atoms with Gasteiger partial charge in [0.05, 0.1) is 25.2 Å². The molecule has 3 atom stereocenters. The van der Waals surface area contributed by atoms with E-state index in [1.807, 2.05) is 60.7 Å². The molecule has 1 fully saturated rings.